The molecule has 0 bridgehead atoms. The first-order valence-corrected chi connectivity index (χ1v) is 6.66. The molecule has 0 radical (unpaired) electrons. The van der Waals surface area contributed by atoms with Crippen LogP contribution in [-0.4, -0.2) is 22.1 Å². The van der Waals surface area contributed by atoms with E-state index in [0.29, 0.717) is 5.69 Å². The molecular formula is C15H19N3O. The van der Waals surface area contributed by atoms with Crippen LogP contribution in [0.25, 0.3) is 11.3 Å². The van der Waals surface area contributed by atoms with E-state index in [1.807, 2.05) is 30.3 Å². The molecule has 0 saturated heterocycles. The standard InChI is InChI=1S/C15H19N3O/c1-3-12(4-2)16-15(19)14-10-13(17-18-14)11-8-6-5-7-9-11/h5-10,12H,3-4H2,1-2H3,(H,16,19)(H,17,18). The van der Waals surface area contributed by atoms with Crippen LogP contribution in [0.5, 0.6) is 0 Å². The van der Waals surface area contributed by atoms with Crippen LogP contribution in [0.2, 0.25) is 0 Å². The van der Waals surface area contributed by atoms with Crippen LogP contribution in [0.3, 0.4) is 0 Å². The smallest absolute Gasteiger partial charge is 0.269 e. The lowest BCUT2D eigenvalue weighted by molar-refractivity contribution is 0.0930. The maximum absolute atomic E-state index is 12.0. The van der Waals surface area contributed by atoms with Crippen molar-refractivity contribution >= 4 is 5.91 Å². The van der Waals surface area contributed by atoms with E-state index in [2.05, 4.69) is 29.4 Å². The summed E-state index contributed by atoms with van der Waals surface area (Å²) in [7, 11) is 0. The topological polar surface area (TPSA) is 57.8 Å². The Labute approximate surface area is 113 Å². The van der Waals surface area contributed by atoms with Gasteiger partial charge in [-0.1, -0.05) is 44.2 Å². The normalized spacial score (nSPS) is 10.7. The largest absolute Gasteiger partial charge is 0.348 e. The van der Waals surface area contributed by atoms with Crippen molar-refractivity contribution in [3.05, 3.63) is 42.1 Å². The van der Waals surface area contributed by atoms with Gasteiger partial charge in [0.2, 0.25) is 0 Å². The number of amides is 1. The van der Waals surface area contributed by atoms with E-state index >= 15 is 0 Å². The molecule has 0 spiro atoms. The average molecular weight is 257 g/mol. The van der Waals surface area contributed by atoms with Crippen molar-refractivity contribution in [1.82, 2.24) is 15.5 Å². The molecule has 1 aromatic heterocycles. The predicted molar refractivity (Wildman–Crippen MR) is 75.9 cm³/mol. The first-order chi connectivity index (χ1) is 9.24. The van der Waals surface area contributed by atoms with Gasteiger partial charge in [0.25, 0.3) is 5.91 Å². The highest BCUT2D eigenvalue weighted by atomic mass is 16.2. The van der Waals surface area contributed by atoms with Crippen LogP contribution in [0.15, 0.2) is 36.4 Å². The zero-order valence-corrected chi connectivity index (χ0v) is 11.3. The van der Waals surface area contributed by atoms with Gasteiger partial charge in [-0.2, -0.15) is 5.10 Å². The van der Waals surface area contributed by atoms with Gasteiger partial charge in [-0.3, -0.25) is 9.89 Å². The van der Waals surface area contributed by atoms with Crippen molar-refractivity contribution in [2.45, 2.75) is 32.7 Å². The summed E-state index contributed by atoms with van der Waals surface area (Å²) in [6.07, 6.45) is 1.86. The number of nitrogens with one attached hydrogen (secondary N) is 2. The fraction of sp³-hybridized carbons (Fsp3) is 0.333. The molecule has 0 aliphatic heterocycles. The molecule has 4 heteroatoms. The molecule has 0 unspecified atom stereocenters. The SMILES string of the molecule is CCC(CC)NC(=O)c1cc(-c2ccccc2)n[nH]1. The van der Waals surface area contributed by atoms with Crippen molar-refractivity contribution in [3.63, 3.8) is 0 Å². The highest BCUT2D eigenvalue weighted by Crippen LogP contribution is 2.16. The summed E-state index contributed by atoms with van der Waals surface area (Å²) in [5, 5.41) is 9.96. The second-order valence-corrected chi connectivity index (χ2v) is 4.52. The summed E-state index contributed by atoms with van der Waals surface area (Å²) in [4.78, 5) is 12.0. The van der Waals surface area contributed by atoms with Crippen LogP contribution in [0.1, 0.15) is 37.2 Å². The van der Waals surface area contributed by atoms with Crippen molar-refractivity contribution in [3.8, 4) is 11.3 Å². The van der Waals surface area contributed by atoms with Gasteiger partial charge in [-0.15, -0.1) is 0 Å². The van der Waals surface area contributed by atoms with Gasteiger partial charge in [0.15, 0.2) is 0 Å². The highest BCUT2D eigenvalue weighted by molar-refractivity contribution is 5.93. The number of carbonyl (C=O) groups is 1. The minimum Gasteiger partial charge on any atom is -0.348 e. The molecule has 4 nitrogen and oxygen atoms in total. The molecule has 0 aliphatic carbocycles. The minimum atomic E-state index is -0.0941. The molecule has 0 saturated carbocycles. The van der Waals surface area contributed by atoms with Crippen LogP contribution < -0.4 is 5.32 Å². The third-order valence-electron chi connectivity index (χ3n) is 3.21. The second kappa shape index (κ2) is 6.18. The maximum atomic E-state index is 12.0. The predicted octanol–water partition coefficient (Wildman–Crippen LogP) is 3.00. The monoisotopic (exact) mass is 257 g/mol. The number of nitrogens with zero attached hydrogens (tertiary/aromatic N) is 1. The molecule has 1 aromatic carbocycles. The summed E-state index contributed by atoms with van der Waals surface area (Å²) in [5.41, 5.74) is 2.29. The molecule has 0 atom stereocenters. The Bertz CT molecular complexity index is 529. The number of hydrogen-bond donors (Lipinski definition) is 2. The molecule has 2 N–H and O–H groups in total. The van der Waals surface area contributed by atoms with Gasteiger partial charge in [0.05, 0.1) is 5.69 Å². The first-order valence-electron chi connectivity index (χ1n) is 6.66. The molecule has 1 amide bonds. The zero-order valence-electron chi connectivity index (χ0n) is 11.3. The van der Waals surface area contributed by atoms with Crippen LogP contribution in [0, 0.1) is 0 Å². The number of benzene rings is 1. The molecule has 1 heterocycles. The summed E-state index contributed by atoms with van der Waals surface area (Å²) in [5.74, 6) is -0.0941. The van der Waals surface area contributed by atoms with Gasteiger partial charge in [0, 0.05) is 11.6 Å². The lowest BCUT2D eigenvalue weighted by Crippen LogP contribution is -2.33. The number of aromatic amines is 1. The maximum Gasteiger partial charge on any atom is 0.269 e. The Kier molecular flexibility index (Phi) is 4.34. The number of rotatable bonds is 5. The van der Waals surface area contributed by atoms with Crippen molar-refractivity contribution < 1.29 is 4.79 Å². The molecule has 2 aromatic rings. The molecule has 2 rings (SSSR count). The Morgan fingerprint density at radius 2 is 1.95 bits per heavy atom. The van der Waals surface area contributed by atoms with Gasteiger partial charge in [-0.25, -0.2) is 0 Å². The first kappa shape index (κ1) is 13.3. The Morgan fingerprint density at radius 3 is 2.58 bits per heavy atom. The van der Waals surface area contributed by atoms with Crippen LogP contribution in [-0.2, 0) is 0 Å². The van der Waals surface area contributed by atoms with Crippen molar-refractivity contribution in [1.29, 1.82) is 0 Å². The van der Waals surface area contributed by atoms with Gasteiger partial charge >= 0.3 is 0 Å². The molecule has 0 aliphatic rings. The van der Waals surface area contributed by atoms with Crippen molar-refractivity contribution in [2.24, 2.45) is 0 Å². The van der Waals surface area contributed by atoms with E-state index in [1.165, 1.54) is 0 Å². The molecule has 19 heavy (non-hydrogen) atoms. The van der Waals surface area contributed by atoms with Crippen LogP contribution >= 0.6 is 0 Å². The molecule has 0 fully saturated rings. The number of hydrogen-bond acceptors (Lipinski definition) is 2. The zero-order chi connectivity index (χ0) is 13.7. The highest BCUT2D eigenvalue weighted by Gasteiger charge is 2.13. The summed E-state index contributed by atoms with van der Waals surface area (Å²) < 4.78 is 0. The van der Waals surface area contributed by atoms with E-state index in [4.69, 9.17) is 0 Å². The third-order valence-corrected chi connectivity index (χ3v) is 3.21. The third kappa shape index (κ3) is 3.22. The lowest BCUT2D eigenvalue weighted by Gasteiger charge is -2.13. The Morgan fingerprint density at radius 1 is 1.26 bits per heavy atom. The van der Waals surface area contributed by atoms with E-state index in [9.17, 15) is 4.79 Å². The number of aromatic nitrogens is 2. The van der Waals surface area contributed by atoms with Gasteiger partial charge < -0.3 is 5.32 Å². The quantitative estimate of drug-likeness (QED) is 0.865. The number of H-pyrrole nitrogens is 1. The molecule has 100 valence electrons. The fourth-order valence-corrected chi connectivity index (χ4v) is 1.95. The fourth-order valence-electron chi connectivity index (χ4n) is 1.95. The van der Waals surface area contributed by atoms with E-state index in [-0.39, 0.29) is 11.9 Å². The molecular weight excluding hydrogens is 238 g/mol. The van der Waals surface area contributed by atoms with E-state index in [1.54, 1.807) is 6.07 Å². The second-order valence-electron chi connectivity index (χ2n) is 4.52. The summed E-state index contributed by atoms with van der Waals surface area (Å²) in [6, 6.07) is 11.8. The average Bonchev–Trinajstić information content (AvgIpc) is 2.95. The van der Waals surface area contributed by atoms with Gasteiger partial charge in [0.1, 0.15) is 5.69 Å². The minimum absolute atomic E-state index is 0.0941. The summed E-state index contributed by atoms with van der Waals surface area (Å²) in [6.45, 7) is 4.13. The van der Waals surface area contributed by atoms with E-state index < -0.39 is 0 Å². The van der Waals surface area contributed by atoms with Gasteiger partial charge in [-0.05, 0) is 18.9 Å². The lowest BCUT2D eigenvalue weighted by atomic mass is 10.1. The Hall–Kier alpha value is -2.10. The van der Waals surface area contributed by atoms with E-state index in [0.717, 1.165) is 24.1 Å². The number of carbonyl (C=O) groups excluding carboxylic acids is 1. The summed E-state index contributed by atoms with van der Waals surface area (Å²) >= 11 is 0. The Balaban J connectivity index is 2.11. The van der Waals surface area contributed by atoms with Crippen LogP contribution in [0.4, 0.5) is 0 Å². The van der Waals surface area contributed by atoms with Crippen molar-refractivity contribution in [2.75, 3.05) is 0 Å².